The highest BCUT2D eigenvalue weighted by atomic mass is 16.5. The number of imide groups is 2. The number of amides is 4. The quantitative estimate of drug-likeness (QED) is 0.158. The second-order valence-corrected chi connectivity index (χ2v) is 12.5. The molecule has 2 saturated heterocycles. The standard InChI is InChI=1S/C33H40N2O10/c1-45-23-10-8-9-19(29(23)40)26-18-13-14-20-27(32(43)34(30(20)41)15-6-2-4-11-24(36)37)21(18)17-22-28(26)33(44)35(31(22)42)16-7-3-5-12-25(38)39/h8-10,13,20-22,26-28,40H,2-7,11-12,14-17H2,1H3,(H,36,37)(H,38,39)/t20-,21+,22+,26+,27-,28+/m0/s1. The molecule has 3 N–H and O–H groups in total. The summed E-state index contributed by atoms with van der Waals surface area (Å²) in [6.07, 6.45) is 5.42. The van der Waals surface area contributed by atoms with Gasteiger partial charge in [-0.3, -0.25) is 38.6 Å². The summed E-state index contributed by atoms with van der Waals surface area (Å²) in [7, 11) is 1.42. The number of para-hydroxylation sites is 1. The van der Waals surface area contributed by atoms with Gasteiger partial charge in [-0.25, -0.2) is 0 Å². The van der Waals surface area contributed by atoms with Crippen molar-refractivity contribution in [3.63, 3.8) is 0 Å². The molecule has 6 atom stereocenters. The van der Waals surface area contributed by atoms with E-state index in [2.05, 4.69) is 0 Å². The summed E-state index contributed by atoms with van der Waals surface area (Å²) in [6.45, 7) is 0.357. The molecule has 2 aliphatic carbocycles. The highest BCUT2D eigenvalue weighted by Gasteiger charge is 2.62. The van der Waals surface area contributed by atoms with E-state index in [1.807, 2.05) is 6.08 Å². The number of hydrogen-bond donors (Lipinski definition) is 3. The molecule has 1 saturated carbocycles. The molecule has 4 aliphatic rings. The highest BCUT2D eigenvalue weighted by molar-refractivity contribution is 6.08. The van der Waals surface area contributed by atoms with E-state index in [0.717, 1.165) is 5.57 Å². The van der Waals surface area contributed by atoms with Gasteiger partial charge in [0.2, 0.25) is 23.6 Å². The first-order valence-electron chi connectivity index (χ1n) is 15.8. The molecule has 0 unspecified atom stereocenters. The second kappa shape index (κ2) is 13.4. The van der Waals surface area contributed by atoms with Gasteiger partial charge >= 0.3 is 11.9 Å². The number of unbranched alkanes of at least 4 members (excludes halogenated alkanes) is 4. The summed E-state index contributed by atoms with van der Waals surface area (Å²) in [5, 5.41) is 29.1. The van der Waals surface area contributed by atoms with Crippen LogP contribution in [0.3, 0.4) is 0 Å². The van der Waals surface area contributed by atoms with Crippen molar-refractivity contribution in [1.82, 2.24) is 9.80 Å². The lowest BCUT2D eigenvalue weighted by atomic mass is 9.57. The molecule has 45 heavy (non-hydrogen) atoms. The van der Waals surface area contributed by atoms with Crippen LogP contribution in [0, 0.1) is 29.6 Å². The SMILES string of the molecule is COc1cccc([C@H]2C3=CC[C@@H]4C(=O)N(CCCCCC(=O)O)C(=O)[C@@H]4[C@@H]3C[C@H]3C(=O)N(CCCCCC(=O)O)C(=O)[C@@H]23)c1O. The molecule has 0 radical (unpaired) electrons. The predicted octanol–water partition coefficient (Wildman–Crippen LogP) is 3.33. The van der Waals surface area contributed by atoms with Crippen LogP contribution in [0.4, 0.5) is 0 Å². The molecule has 242 valence electrons. The van der Waals surface area contributed by atoms with Crippen molar-refractivity contribution in [2.45, 2.75) is 70.1 Å². The van der Waals surface area contributed by atoms with Gasteiger partial charge in [0.1, 0.15) is 0 Å². The molecular formula is C33H40N2O10. The Hall–Kier alpha value is -4.22. The van der Waals surface area contributed by atoms with Crippen molar-refractivity contribution in [3.8, 4) is 11.5 Å². The van der Waals surface area contributed by atoms with Gasteiger partial charge in [-0.1, -0.05) is 36.6 Å². The molecule has 1 aromatic carbocycles. The largest absolute Gasteiger partial charge is 0.504 e. The topological polar surface area (TPSA) is 179 Å². The van der Waals surface area contributed by atoms with Crippen molar-refractivity contribution in [3.05, 3.63) is 35.4 Å². The number of carboxylic acids is 2. The third kappa shape index (κ3) is 6.06. The Morgan fingerprint density at radius 3 is 1.93 bits per heavy atom. The maximum atomic E-state index is 14.0. The molecule has 0 bridgehead atoms. The predicted molar refractivity (Wildman–Crippen MR) is 158 cm³/mol. The molecule has 1 aromatic rings. The first-order valence-corrected chi connectivity index (χ1v) is 15.8. The molecule has 0 spiro atoms. The van der Waals surface area contributed by atoms with E-state index in [4.69, 9.17) is 14.9 Å². The molecule has 12 heteroatoms. The third-order valence-corrected chi connectivity index (χ3v) is 9.96. The lowest BCUT2D eigenvalue weighted by molar-refractivity contribution is -0.142. The van der Waals surface area contributed by atoms with E-state index in [0.29, 0.717) is 50.5 Å². The first kappa shape index (κ1) is 32.2. The van der Waals surface area contributed by atoms with Gasteiger partial charge in [0, 0.05) is 37.4 Å². The fourth-order valence-corrected chi connectivity index (χ4v) is 7.91. The number of ether oxygens (including phenoxy) is 1. The number of likely N-dealkylation sites (tertiary alicyclic amines) is 2. The van der Waals surface area contributed by atoms with Crippen LogP contribution in [0.2, 0.25) is 0 Å². The smallest absolute Gasteiger partial charge is 0.303 e. The number of nitrogens with zero attached hydrogens (tertiary/aromatic N) is 2. The monoisotopic (exact) mass is 624 g/mol. The number of aliphatic carboxylic acids is 2. The van der Waals surface area contributed by atoms with Gasteiger partial charge in [-0.2, -0.15) is 0 Å². The van der Waals surface area contributed by atoms with Crippen LogP contribution in [0.15, 0.2) is 29.8 Å². The summed E-state index contributed by atoms with van der Waals surface area (Å²) in [6, 6.07) is 5.00. The average molecular weight is 625 g/mol. The number of benzene rings is 1. The minimum Gasteiger partial charge on any atom is -0.504 e. The van der Waals surface area contributed by atoms with Crippen LogP contribution in [-0.2, 0) is 28.8 Å². The zero-order chi connectivity index (χ0) is 32.4. The number of aromatic hydroxyl groups is 1. The third-order valence-electron chi connectivity index (χ3n) is 9.96. The zero-order valence-electron chi connectivity index (χ0n) is 25.4. The Bertz CT molecular complexity index is 1420. The normalized spacial score (nSPS) is 27.3. The van der Waals surface area contributed by atoms with Crippen molar-refractivity contribution in [2.75, 3.05) is 20.2 Å². The van der Waals surface area contributed by atoms with Gasteiger partial charge in [0.15, 0.2) is 11.5 Å². The maximum Gasteiger partial charge on any atom is 0.303 e. The van der Waals surface area contributed by atoms with Crippen LogP contribution in [-0.4, -0.2) is 80.9 Å². The molecule has 5 rings (SSSR count). The Balaban J connectivity index is 1.43. The Morgan fingerprint density at radius 2 is 1.36 bits per heavy atom. The molecule has 2 aliphatic heterocycles. The minimum absolute atomic E-state index is 0.00875. The fraction of sp³-hybridized carbons (Fsp3) is 0.576. The van der Waals surface area contributed by atoms with E-state index in [1.54, 1.807) is 18.2 Å². The van der Waals surface area contributed by atoms with E-state index >= 15 is 0 Å². The summed E-state index contributed by atoms with van der Waals surface area (Å²) < 4.78 is 5.36. The average Bonchev–Trinajstić information content (AvgIpc) is 3.39. The Kier molecular flexibility index (Phi) is 9.59. The number of methoxy groups -OCH3 is 1. The number of phenolic OH excluding ortho intramolecular Hbond substituents is 1. The maximum absolute atomic E-state index is 14.0. The summed E-state index contributed by atoms with van der Waals surface area (Å²) >= 11 is 0. The Labute approximate surface area is 261 Å². The van der Waals surface area contributed by atoms with E-state index in [-0.39, 0.29) is 67.5 Å². The lowest BCUT2D eigenvalue weighted by Gasteiger charge is -2.44. The van der Waals surface area contributed by atoms with Crippen molar-refractivity contribution < 1.29 is 48.8 Å². The van der Waals surface area contributed by atoms with Crippen LogP contribution in [0.5, 0.6) is 11.5 Å². The van der Waals surface area contributed by atoms with Gasteiger partial charge in [0.05, 0.1) is 30.8 Å². The minimum atomic E-state index is -0.902. The molecule has 2 heterocycles. The number of carbonyl (C=O) groups excluding carboxylic acids is 4. The Morgan fingerprint density at radius 1 is 0.778 bits per heavy atom. The number of carboxylic acid groups (broad SMARTS) is 2. The van der Waals surface area contributed by atoms with Crippen molar-refractivity contribution in [2.24, 2.45) is 29.6 Å². The van der Waals surface area contributed by atoms with Crippen molar-refractivity contribution in [1.29, 1.82) is 0 Å². The molecule has 4 amide bonds. The number of hydrogen-bond acceptors (Lipinski definition) is 8. The van der Waals surface area contributed by atoms with Crippen LogP contribution in [0.25, 0.3) is 0 Å². The van der Waals surface area contributed by atoms with E-state index < -0.39 is 47.4 Å². The highest BCUT2D eigenvalue weighted by Crippen LogP contribution is 2.59. The number of allylic oxidation sites excluding steroid dienone is 2. The molecule has 0 aromatic heterocycles. The van der Waals surface area contributed by atoms with Crippen LogP contribution < -0.4 is 4.74 Å². The van der Waals surface area contributed by atoms with E-state index in [1.165, 1.54) is 16.9 Å². The van der Waals surface area contributed by atoms with E-state index in [9.17, 15) is 33.9 Å². The fourth-order valence-electron chi connectivity index (χ4n) is 7.91. The van der Waals surface area contributed by atoms with Gasteiger partial charge < -0.3 is 20.1 Å². The number of rotatable bonds is 14. The van der Waals surface area contributed by atoms with Crippen LogP contribution in [0.1, 0.15) is 75.7 Å². The lowest BCUT2D eigenvalue weighted by Crippen LogP contribution is -2.43. The first-order chi connectivity index (χ1) is 21.6. The summed E-state index contributed by atoms with van der Waals surface area (Å²) in [5.74, 6) is -7.00. The number of phenols is 1. The molecule has 3 fully saturated rings. The number of fused-ring (bicyclic) bond motifs is 4. The zero-order valence-corrected chi connectivity index (χ0v) is 25.4. The summed E-state index contributed by atoms with van der Waals surface area (Å²) in [5.41, 5.74) is 1.20. The van der Waals surface area contributed by atoms with Gasteiger partial charge in [0.25, 0.3) is 0 Å². The van der Waals surface area contributed by atoms with Gasteiger partial charge in [-0.05, 0) is 50.5 Å². The van der Waals surface area contributed by atoms with Crippen molar-refractivity contribution >= 4 is 35.6 Å². The van der Waals surface area contributed by atoms with Crippen LogP contribution >= 0.6 is 0 Å². The van der Waals surface area contributed by atoms with Gasteiger partial charge in [-0.15, -0.1) is 0 Å². The molecule has 12 nitrogen and oxygen atoms in total. The molecular weight excluding hydrogens is 584 g/mol. The number of carbonyl (C=O) groups is 6. The second-order valence-electron chi connectivity index (χ2n) is 12.5. The summed E-state index contributed by atoms with van der Waals surface area (Å²) in [4.78, 5) is 79.4.